The number of rotatable bonds is 1. The van der Waals surface area contributed by atoms with Crippen LogP contribution in [0.4, 0.5) is 0 Å². The maximum Gasteiger partial charge on any atom is 0.0629 e. The maximum absolute atomic E-state index is 4.21. The summed E-state index contributed by atoms with van der Waals surface area (Å²) in [6.45, 7) is 6.45. The molecule has 1 aliphatic heterocycles. The van der Waals surface area contributed by atoms with E-state index in [9.17, 15) is 0 Å². The molecular formula is C9H15N3. The van der Waals surface area contributed by atoms with E-state index in [0.29, 0.717) is 5.92 Å². The van der Waals surface area contributed by atoms with E-state index in [2.05, 4.69) is 29.4 Å². The Kier molecular flexibility index (Phi) is 1.89. The molecule has 2 N–H and O–H groups in total. The molecule has 0 aromatic carbocycles. The van der Waals surface area contributed by atoms with Gasteiger partial charge < -0.3 is 5.32 Å². The van der Waals surface area contributed by atoms with Crippen LogP contribution in [0.3, 0.4) is 0 Å². The van der Waals surface area contributed by atoms with E-state index in [-0.39, 0.29) is 0 Å². The molecule has 0 bridgehead atoms. The van der Waals surface area contributed by atoms with E-state index >= 15 is 0 Å². The Morgan fingerprint density at radius 2 is 2.25 bits per heavy atom. The van der Waals surface area contributed by atoms with Crippen molar-refractivity contribution in [2.24, 2.45) is 0 Å². The monoisotopic (exact) mass is 165 g/mol. The molecule has 12 heavy (non-hydrogen) atoms. The number of hydrogen-bond donors (Lipinski definition) is 2. The summed E-state index contributed by atoms with van der Waals surface area (Å²) in [6, 6.07) is 0. The predicted octanol–water partition coefficient (Wildman–Crippen LogP) is 1.10. The zero-order valence-corrected chi connectivity index (χ0v) is 7.65. The zero-order chi connectivity index (χ0) is 8.55. The molecular weight excluding hydrogens is 150 g/mol. The highest BCUT2D eigenvalue weighted by atomic mass is 15.1. The molecule has 0 amide bonds. The van der Waals surface area contributed by atoms with Crippen molar-refractivity contribution in [1.82, 2.24) is 15.5 Å². The lowest BCUT2D eigenvalue weighted by molar-refractivity contribution is 0.752. The maximum atomic E-state index is 4.21. The number of nitrogens with zero attached hydrogens (tertiary/aromatic N) is 1. The van der Waals surface area contributed by atoms with Gasteiger partial charge in [-0.05, 0) is 26.8 Å². The largest absolute Gasteiger partial charge is 0.316 e. The summed E-state index contributed by atoms with van der Waals surface area (Å²) >= 11 is 0. The first kappa shape index (κ1) is 7.80. The summed E-state index contributed by atoms with van der Waals surface area (Å²) < 4.78 is 0. The number of aryl methyl sites for hydroxylation is 2. The summed E-state index contributed by atoms with van der Waals surface area (Å²) in [4.78, 5) is 0. The number of nitrogens with one attached hydrogen (secondary N) is 2. The van der Waals surface area contributed by atoms with Crippen molar-refractivity contribution in [3.05, 3.63) is 17.0 Å². The van der Waals surface area contributed by atoms with Crippen LogP contribution in [0.25, 0.3) is 0 Å². The molecule has 0 saturated carbocycles. The van der Waals surface area contributed by atoms with Crippen molar-refractivity contribution in [3.8, 4) is 0 Å². The molecule has 2 heterocycles. The van der Waals surface area contributed by atoms with Crippen LogP contribution in [-0.4, -0.2) is 23.3 Å². The Hall–Kier alpha value is -0.830. The van der Waals surface area contributed by atoms with Gasteiger partial charge in [-0.1, -0.05) is 0 Å². The van der Waals surface area contributed by atoms with Gasteiger partial charge in [-0.3, -0.25) is 5.10 Å². The van der Waals surface area contributed by atoms with Crippen molar-refractivity contribution in [3.63, 3.8) is 0 Å². The van der Waals surface area contributed by atoms with Gasteiger partial charge in [0.25, 0.3) is 0 Å². The molecule has 3 nitrogen and oxygen atoms in total. The summed E-state index contributed by atoms with van der Waals surface area (Å²) in [5.74, 6) is 0.684. The third-order valence-electron chi connectivity index (χ3n) is 2.65. The fourth-order valence-corrected chi connectivity index (χ4v) is 2.06. The van der Waals surface area contributed by atoms with Crippen LogP contribution < -0.4 is 5.32 Å². The molecule has 66 valence electrons. The molecule has 1 atom stereocenters. The van der Waals surface area contributed by atoms with E-state index in [0.717, 1.165) is 13.1 Å². The average Bonchev–Trinajstić information content (AvgIpc) is 2.61. The van der Waals surface area contributed by atoms with E-state index in [1.807, 2.05) is 0 Å². The first-order valence-electron chi connectivity index (χ1n) is 4.51. The highest BCUT2D eigenvalue weighted by Crippen LogP contribution is 2.26. The Morgan fingerprint density at radius 3 is 2.75 bits per heavy atom. The van der Waals surface area contributed by atoms with E-state index in [1.54, 1.807) is 0 Å². The Morgan fingerprint density at radius 1 is 1.42 bits per heavy atom. The van der Waals surface area contributed by atoms with Crippen LogP contribution in [0.1, 0.15) is 29.3 Å². The standard InChI is InChI=1S/C9H15N3/c1-6-9(7(2)12-11-6)8-3-4-10-5-8/h8,10H,3-5H2,1-2H3,(H,11,12). The number of H-pyrrole nitrogens is 1. The van der Waals surface area contributed by atoms with Crippen molar-refractivity contribution in [2.75, 3.05) is 13.1 Å². The number of aromatic amines is 1. The summed E-state index contributed by atoms with van der Waals surface area (Å²) in [6.07, 6.45) is 1.25. The molecule has 2 rings (SSSR count). The molecule has 0 spiro atoms. The van der Waals surface area contributed by atoms with Crippen LogP contribution >= 0.6 is 0 Å². The molecule has 3 heteroatoms. The van der Waals surface area contributed by atoms with Gasteiger partial charge in [-0.15, -0.1) is 0 Å². The molecule has 0 radical (unpaired) electrons. The molecule has 1 aliphatic rings. The van der Waals surface area contributed by atoms with Crippen LogP contribution in [0, 0.1) is 13.8 Å². The smallest absolute Gasteiger partial charge is 0.0629 e. The third-order valence-corrected chi connectivity index (χ3v) is 2.65. The van der Waals surface area contributed by atoms with Gasteiger partial charge >= 0.3 is 0 Å². The third kappa shape index (κ3) is 1.14. The van der Waals surface area contributed by atoms with Crippen LogP contribution in [0.5, 0.6) is 0 Å². The van der Waals surface area contributed by atoms with Gasteiger partial charge in [-0.25, -0.2) is 0 Å². The lowest BCUT2D eigenvalue weighted by Crippen LogP contribution is -2.08. The fraction of sp³-hybridized carbons (Fsp3) is 0.667. The summed E-state index contributed by atoms with van der Waals surface area (Å²) in [5.41, 5.74) is 3.84. The average molecular weight is 165 g/mol. The second kappa shape index (κ2) is 2.90. The number of hydrogen-bond acceptors (Lipinski definition) is 2. The highest BCUT2D eigenvalue weighted by Gasteiger charge is 2.21. The second-order valence-corrected chi connectivity index (χ2v) is 3.54. The lowest BCUT2D eigenvalue weighted by atomic mass is 9.97. The van der Waals surface area contributed by atoms with E-state index < -0.39 is 0 Å². The van der Waals surface area contributed by atoms with Gasteiger partial charge in [0.15, 0.2) is 0 Å². The van der Waals surface area contributed by atoms with Gasteiger partial charge in [-0.2, -0.15) is 5.10 Å². The summed E-state index contributed by atoms with van der Waals surface area (Å²) in [5, 5.41) is 10.6. The quantitative estimate of drug-likeness (QED) is 0.654. The van der Waals surface area contributed by atoms with Crippen molar-refractivity contribution in [2.45, 2.75) is 26.2 Å². The van der Waals surface area contributed by atoms with E-state index in [1.165, 1.54) is 23.4 Å². The SMILES string of the molecule is Cc1n[nH]c(C)c1C1CCNC1. The van der Waals surface area contributed by atoms with Gasteiger partial charge in [0, 0.05) is 23.7 Å². The molecule has 1 aromatic heterocycles. The minimum Gasteiger partial charge on any atom is -0.316 e. The molecule has 1 saturated heterocycles. The van der Waals surface area contributed by atoms with E-state index in [4.69, 9.17) is 0 Å². The minimum atomic E-state index is 0.684. The van der Waals surface area contributed by atoms with Crippen molar-refractivity contribution in [1.29, 1.82) is 0 Å². The predicted molar refractivity (Wildman–Crippen MR) is 48.3 cm³/mol. The van der Waals surface area contributed by atoms with Crippen molar-refractivity contribution < 1.29 is 0 Å². The van der Waals surface area contributed by atoms with Crippen LogP contribution in [-0.2, 0) is 0 Å². The molecule has 1 aromatic rings. The normalized spacial score (nSPS) is 23.3. The topological polar surface area (TPSA) is 40.7 Å². The molecule has 1 fully saturated rings. The minimum absolute atomic E-state index is 0.684. The highest BCUT2D eigenvalue weighted by molar-refractivity contribution is 5.28. The Bertz CT molecular complexity index is 252. The van der Waals surface area contributed by atoms with Gasteiger partial charge in [0.05, 0.1) is 5.69 Å². The number of aromatic nitrogens is 2. The second-order valence-electron chi connectivity index (χ2n) is 3.54. The first-order valence-corrected chi connectivity index (χ1v) is 4.51. The Labute approximate surface area is 72.6 Å². The zero-order valence-electron chi connectivity index (χ0n) is 7.65. The van der Waals surface area contributed by atoms with Gasteiger partial charge in [0.1, 0.15) is 0 Å². The fourth-order valence-electron chi connectivity index (χ4n) is 2.06. The summed E-state index contributed by atoms with van der Waals surface area (Å²) in [7, 11) is 0. The molecule has 1 unspecified atom stereocenters. The first-order chi connectivity index (χ1) is 5.79. The van der Waals surface area contributed by atoms with Crippen LogP contribution in [0.15, 0.2) is 0 Å². The van der Waals surface area contributed by atoms with Crippen molar-refractivity contribution >= 4 is 0 Å². The lowest BCUT2D eigenvalue weighted by Gasteiger charge is -2.07. The van der Waals surface area contributed by atoms with Gasteiger partial charge in [0.2, 0.25) is 0 Å². The molecule has 0 aliphatic carbocycles. The Balaban J connectivity index is 2.30. The van der Waals surface area contributed by atoms with Crippen LogP contribution in [0.2, 0.25) is 0 Å².